The van der Waals surface area contributed by atoms with E-state index < -0.39 is 0 Å². The first kappa shape index (κ1) is 13.9. The normalized spacial score (nSPS) is 11.0. The topological polar surface area (TPSA) is 24.0 Å². The Bertz CT molecular complexity index is 871. The van der Waals surface area contributed by atoms with Gasteiger partial charge in [-0.25, -0.2) is 0 Å². The summed E-state index contributed by atoms with van der Waals surface area (Å²) in [5, 5.41) is 0. The maximum Gasteiger partial charge on any atom is 0.182 e. The van der Waals surface area contributed by atoms with Gasteiger partial charge in [-0.3, -0.25) is 4.57 Å². The van der Waals surface area contributed by atoms with Crippen LogP contribution in [0, 0.1) is 18.6 Å². The molecule has 108 valence electrons. The largest absolute Gasteiger partial charge is 0.377 e. The number of hydrogen-bond donors (Lipinski definition) is 1. The van der Waals surface area contributed by atoms with Crippen LogP contribution in [0.1, 0.15) is 11.1 Å². The zero-order chi connectivity index (χ0) is 15.1. The van der Waals surface area contributed by atoms with Crippen molar-refractivity contribution in [1.82, 2.24) is 9.55 Å². The van der Waals surface area contributed by atoms with Gasteiger partial charge in [-0.1, -0.05) is 18.2 Å². The van der Waals surface area contributed by atoms with Gasteiger partial charge in [-0.05, 0) is 55.4 Å². The van der Waals surface area contributed by atoms with Crippen molar-refractivity contribution >= 4 is 28.9 Å². The van der Waals surface area contributed by atoms with Crippen LogP contribution in [0.2, 0.25) is 0 Å². The molecule has 0 saturated heterocycles. The smallest absolute Gasteiger partial charge is 0.182 e. The average Bonchev–Trinajstić information content (AvgIpc) is 2.77. The van der Waals surface area contributed by atoms with Gasteiger partial charge in [0.15, 0.2) is 4.77 Å². The van der Waals surface area contributed by atoms with Crippen molar-refractivity contribution in [3.63, 3.8) is 0 Å². The fourth-order valence-corrected chi connectivity index (χ4v) is 3.05. The molecule has 1 N–H and O–H groups in total. The number of benzene rings is 2. The van der Waals surface area contributed by atoms with Crippen molar-refractivity contribution in [2.45, 2.75) is 13.8 Å². The molecule has 2 aromatic carbocycles. The Kier molecular flexibility index (Phi) is 3.33. The van der Waals surface area contributed by atoms with Gasteiger partial charge in [-0.15, -0.1) is 0 Å². The van der Waals surface area contributed by atoms with E-state index in [1.165, 1.54) is 16.8 Å². The number of aromatic amines is 1. The summed E-state index contributed by atoms with van der Waals surface area (Å²) in [5.41, 5.74) is 6.98. The lowest BCUT2D eigenvalue weighted by molar-refractivity contribution is 1.05. The molecule has 0 amide bonds. The Hall–Kier alpha value is -2.07. The lowest BCUT2D eigenvalue weighted by atomic mass is 10.1. The van der Waals surface area contributed by atoms with Gasteiger partial charge in [0, 0.05) is 19.8 Å². The molecule has 0 unspecified atom stereocenters. The summed E-state index contributed by atoms with van der Waals surface area (Å²) in [4.78, 5) is 5.45. The number of hydrogen-bond acceptors (Lipinski definition) is 2. The van der Waals surface area contributed by atoms with Crippen molar-refractivity contribution < 1.29 is 0 Å². The molecule has 0 aliphatic rings. The minimum Gasteiger partial charge on any atom is -0.377 e. The standard InChI is InChI=1S/C17H19N3S/c1-11-8-9-13(10-15(11)19(3)4)20-14-7-5-6-12(2)16(14)18-17(20)21/h5-10H,1-4H3,(H,18,21). The molecular weight excluding hydrogens is 278 g/mol. The third-order valence-electron chi connectivity index (χ3n) is 3.86. The van der Waals surface area contributed by atoms with Gasteiger partial charge in [0.05, 0.1) is 16.7 Å². The highest BCUT2D eigenvalue weighted by Gasteiger charge is 2.10. The van der Waals surface area contributed by atoms with Crippen molar-refractivity contribution in [2.75, 3.05) is 19.0 Å². The fraction of sp³-hybridized carbons (Fsp3) is 0.235. The zero-order valence-corrected chi connectivity index (χ0v) is 13.6. The van der Waals surface area contributed by atoms with Crippen LogP contribution >= 0.6 is 12.2 Å². The van der Waals surface area contributed by atoms with Crippen molar-refractivity contribution in [3.8, 4) is 5.69 Å². The molecule has 4 heteroatoms. The van der Waals surface area contributed by atoms with Crippen molar-refractivity contribution in [2.24, 2.45) is 0 Å². The molecule has 0 fully saturated rings. The molecule has 0 atom stereocenters. The Labute approximate surface area is 129 Å². The predicted molar refractivity (Wildman–Crippen MR) is 92.3 cm³/mol. The highest BCUT2D eigenvalue weighted by molar-refractivity contribution is 7.71. The molecule has 0 saturated carbocycles. The first-order valence-electron chi connectivity index (χ1n) is 6.98. The van der Waals surface area contributed by atoms with Crippen molar-refractivity contribution in [1.29, 1.82) is 0 Å². The molecule has 0 aliphatic carbocycles. The number of H-pyrrole nitrogens is 1. The Morgan fingerprint density at radius 1 is 1.05 bits per heavy atom. The van der Waals surface area contributed by atoms with Crippen LogP contribution in [0.25, 0.3) is 16.7 Å². The molecule has 1 heterocycles. The number of fused-ring (bicyclic) bond motifs is 1. The predicted octanol–water partition coefficient (Wildman–Crippen LogP) is 4.37. The summed E-state index contributed by atoms with van der Waals surface area (Å²) in [6.45, 7) is 4.22. The molecular formula is C17H19N3S. The Morgan fingerprint density at radius 2 is 1.81 bits per heavy atom. The summed E-state index contributed by atoms with van der Waals surface area (Å²) in [7, 11) is 4.12. The van der Waals surface area contributed by atoms with Gasteiger partial charge in [0.1, 0.15) is 0 Å². The summed E-state index contributed by atoms with van der Waals surface area (Å²) in [6, 6.07) is 12.7. The van der Waals surface area contributed by atoms with E-state index in [0.29, 0.717) is 0 Å². The summed E-state index contributed by atoms with van der Waals surface area (Å²) < 4.78 is 2.83. The number of anilines is 1. The van der Waals surface area contributed by atoms with Crippen LogP contribution in [-0.4, -0.2) is 23.6 Å². The molecule has 0 radical (unpaired) electrons. The summed E-state index contributed by atoms with van der Waals surface area (Å²) in [6.07, 6.45) is 0. The monoisotopic (exact) mass is 297 g/mol. The number of aryl methyl sites for hydroxylation is 2. The molecule has 3 nitrogen and oxygen atoms in total. The van der Waals surface area contributed by atoms with Crippen molar-refractivity contribution in [3.05, 3.63) is 52.3 Å². The SMILES string of the molecule is Cc1ccc(-n2c(=S)[nH]c3c(C)cccc32)cc1N(C)C. The Morgan fingerprint density at radius 3 is 2.52 bits per heavy atom. The van der Waals surface area contributed by atoms with E-state index in [1.54, 1.807) is 0 Å². The molecule has 3 aromatic rings. The van der Waals surface area contributed by atoms with E-state index in [4.69, 9.17) is 12.2 Å². The highest BCUT2D eigenvalue weighted by atomic mass is 32.1. The van der Waals surface area contributed by atoms with E-state index in [9.17, 15) is 0 Å². The van der Waals surface area contributed by atoms with E-state index in [-0.39, 0.29) is 0 Å². The van der Waals surface area contributed by atoms with E-state index >= 15 is 0 Å². The van der Waals surface area contributed by atoms with Gasteiger partial charge in [0.25, 0.3) is 0 Å². The number of nitrogens with one attached hydrogen (secondary N) is 1. The van der Waals surface area contributed by atoms with Crippen LogP contribution in [0.5, 0.6) is 0 Å². The van der Waals surface area contributed by atoms with Crippen LogP contribution in [-0.2, 0) is 0 Å². The average molecular weight is 297 g/mol. The van der Waals surface area contributed by atoms with Crippen LogP contribution in [0.3, 0.4) is 0 Å². The lowest BCUT2D eigenvalue weighted by Crippen LogP contribution is -2.11. The zero-order valence-electron chi connectivity index (χ0n) is 12.8. The second kappa shape index (κ2) is 5.04. The van der Waals surface area contributed by atoms with Crippen LogP contribution in [0.15, 0.2) is 36.4 Å². The second-order valence-electron chi connectivity index (χ2n) is 5.60. The minimum absolute atomic E-state index is 0.729. The maximum absolute atomic E-state index is 5.53. The molecule has 1 aromatic heterocycles. The molecule has 0 aliphatic heterocycles. The number of aromatic nitrogens is 2. The van der Waals surface area contributed by atoms with Crippen LogP contribution < -0.4 is 4.90 Å². The molecule has 21 heavy (non-hydrogen) atoms. The van der Waals surface area contributed by atoms with E-state index in [0.717, 1.165) is 21.5 Å². The third kappa shape index (κ3) is 2.25. The number of imidazole rings is 1. The second-order valence-corrected chi connectivity index (χ2v) is 5.99. The Balaban J connectivity index is 2.31. The van der Waals surface area contributed by atoms with Crippen LogP contribution in [0.4, 0.5) is 5.69 Å². The highest BCUT2D eigenvalue weighted by Crippen LogP contribution is 2.26. The number of nitrogens with zero attached hydrogens (tertiary/aromatic N) is 2. The van der Waals surface area contributed by atoms with E-state index in [1.807, 2.05) is 0 Å². The molecule has 0 bridgehead atoms. The maximum atomic E-state index is 5.53. The van der Waals surface area contributed by atoms with Gasteiger partial charge in [-0.2, -0.15) is 0 Å². The number of para-hydroxylation sites is 1. The fourth-order valence-electron chi connectivity index (χ4n) is 2.75. The quantitative estimate of drug-likeness (QED) is 0.710. The number of rotatable bonds is 2. The lowest BCUT2D eigenvalue weighted by Gasteiger charge is -2.17. The molecule has 3 rings (SSSR count). The van der Waals surface area contributed by atoms with Gasteiger partial charge < -0.3 is 9.88 Å². The minimum atomic E-state index is 0.729. The first-order valence-corrected chi connectivity index (χ1v) is 7.38. The van der Waals surface area contributed by atoms with Gasteiger partial charge >= 0.3 is 0 Å². The van der Waals surface area contributed by atoms with Gasteiger partial charge in [0.2, 0.25) is 0 Å². The van der Waals surface area contributed by atoms with E-state index in [2.05, 4.69) is 78.8 Å². The molecule has 0 spiro atoms. The first-order chi connectivity index (χ1) is 9.99. The summed E-state index contributed by atoms with van der Waals surface area (Å²) in [5.74, 6) is 0. The summed E-state index contributed by atoms with van der Waals surface area (Å²) >= 11 is 5.53. The third-order valence-corrected chi connectivity index (χ3v) is 4.14.